The van der Waals surface area contributed by atoms with Crippen molar-refractivity contribution in [2.75, 3.05) is 5.32 Å². The van der Waals surface area contributed by atoms with E-state index in [2.05, 4.69) is 25.8 Å². The van der Waals surface area contributed by atoms with Crippen LogP contribution in [0.1, 0.15) is 43.4 Å². The molecule has 0 fully saturated rings. The largest absolute Gasteiger partial charge is 0.416 e. The lowest BCUT2D eigenvalue weighted by Crippen LogP contribution is -2.21. The number of amides is 2. The highest BCUT2D eigenvalue weighted by atomic mass is 35.5. The smallest absolute Gasteiger partial charge is 0.341 e. The molecule has 8 nitrogen and oxygen atoms in total. The van der Waals surface area contributed by atoms with Crippen LogP contribution in [0.3, 0.4) is 0 Å². The van der Waals surface area contributed by atoms with Crippen molar-refractivity contribution in [1.82, 2.24) is 25.1 Å². The molecule has 2 N–H and O–H groups in total. The van der Waals surface area contributed by atoms with Crippen molar-refractivity contribution < 1.29 is 31.5 Å². The van der Waals surface area contributed by atoms with Crippen LogP contribution >= 0.6 is 11.6 Å². The van der Waals surface area contributed by atoms with Crippen LogP contribution in [-0.2, 0) is 6.18 Å². The van der Waals surface area contributed by atoms with E-state index in [4.69, 9.17) is 11.6 Å². The van der Waals surface area contributed by atoms with E-state index in [9.17, 15) is 31.5 Å². The zero-order valence-corrected chi connectivity index (χ0v) is 21.1. The second-order valence-electron chi connectivity index (χ2n) is 9.09. The molecule has 0 saturated heterocycles. The van der Waals surface area contributed by atoms with Crippen molar-refractivity contribution in [2.45, 2.75) is 12.2 Å². The Morgan fingerprint density at radius 3 is 2.56 bits per heavy atom. The Hall–Kier alpha value is -4.91. The van der Waals surface area contributed by atoms with E-state index in [1.54, 1.807) is 6.07 Å². The first-order valence-corrected chi connectivity index (χ1v) is 12.1. The summed E-state index contributed by atoms with van der Waals surface area (Å²) < 4.78 is 69.4. The second kappa shape index (κ2) is 9.63. The molecule has 0 radical (unpaired) electrons. The lowest BCUT2D eigenvalue weighted by atomic mass is 9.93. The van der Waals surface area contributed by atoms with E-state index in [0.29, 0.717) is 28.9 Å². The van der Waals surface area contributed by atoms with Gasteiger partial charge < -0.3 is 10.6 Å². The van der Waals surface area contributed by atoms with Gasteiger partial charge in [0.2, 0.25) is 0 Å². The number of anilines is 1. The molecule has 206 valence electrons. The van der Waals surface area contributed by atoms with E-state index in [1.165, 1.54) is 35.4 Å². The van der Waals surface area contributed by atoms with E-state index >= 15 is 0 Å². The Balaban J connectivity index is 1.51. The fourth-order valence-corrected chi connectivity index (χ4v) is 4.86. The van der Waals surface area contributed by atoms with Crippen LogP contribution in [0.15, 0.2) is 67.1 Å². The SMILES string of the molecule is O=C(Nc1cc(-c2cnn3ncnc3c2)cc2c1C(c1cc(F)ccc1Cl)NC2=O)c1cc(F)cc(C(F)(F)F)c1. The van der Waals surface area contributed by atoms with Crippen LogP contribution in [-0.4, -0.2) is 31.6 Å². The normalized spacial score (nSPS) is 14.7. The highest BCUT2D eigenvalue weighted by Crippen LogP contribution is 2.42. The summed E-state index contributed by atoms with van der Waals surface area (Å²) in [7, 11) is 0. The summed E-state index contributed by atoms with van der Waals surface area (Å²) in [6.07, 6.45) is -2.18. The topological polar surface area (TPSA) is 101 Å². The molecular formula is C27H14ClF5N6O2. The van der Waals surface area contributed by atoms with Crippen LogP contribution in [0.4, 0.5) is 27.6 Å². The lowest BCUT2D eigenvalue weighted by molar-refractivity contribution is -0.137. The fourth-order valence-electron chi connectivity index (χ4n) is 4.63. The summed E-state index contributed by atoms with van der Waals surface area (Å²) in [6.45, 7) is 0. The van der Waals surface area contributed by atoms with Crippen LogP contribution in [0.2, 0.25) is 5.02 Å². The van der Waals surface area contributed by atoms with Crippen LogP contribution in [0.25, 0.3) is 16.8 Å². The monoisotopic (exact) mass is 584 g/mol. The molecule has 6 rings (SSSR count). The van der Waals surface area contributed by atoms with Crippen molar-refractivity contribution in [2.24, 2.45) is 0 Å². The molecule has 0 saturated carbocycles. The number of aromatic nitrogens is 4. The van der Waals surface area contributed by atoms with Gasteiger partial charge in [0.05, 0.1) is 17.8 Å². The molecule has 1 aliphatic rings. The predicted octanol–water partition coefficient (Wildman–Crippen LogP) is 5.83. The molecule has 1 unspecified atom stereocenters. The van der Waals surface area contributed by atoms with Crippen molar-refractivity contribution >= 4 is 34.7 Å². The van der Waals surface area contributed by atoms with Crippen molar-refractivity contribution in [3.05, 3.63) is 112 Å². The molecular weight excluding hydrogens is 571 g/mol. The molecule has 0 bridgehead atoms. The maximum absolute atomic E-state index is 14.2. The molecule has 2 aromatic heterocycles. The first kappa shape index (κ1) is 26.3. The highest BCUT2D eigenvalue weighted by Gasteiger charge is 2.36. The Morgan fingerprint density at radius 1 is 0.976 bits per heavy atom. The third-order valence-corrected chi connectivity index (χ3v) is 6.82. The van der Waals surface area contributed by atoms with Crippen LogP contribution in [0.5, 0.6) is 0 Å². The van der Waals surface area contributed by atoms with Gasteiger partial charge in [0.25, 0.3) is 11.8 Å². The molecule has 0 spiro atoms. The van der Waals surface area contributed by atoms with Gasteiger partial charge in [0.15, 0.2) is 5.65 Å². The number of rotatable bonds is 4. The van der Waals surface area contributed by atoms with Gasteiger partial charge in [-0.05, 0) is 60.2 Å². The summed E-state index contributed by atoms with van der Waals surface area (Å²) in [5, 5.41) is 13.4. The molecule has 14 heteroatoms. The van der Waals surface area contributed by atoms with Gasteiger partial charge in [-0.2, -0.15) is 18.3 Å². The summed E-state index contributed by atoms with van der Waals surface area (Å²) in [6, 6.07) is 8.55. The Morgan fingerprint density at radius 2 is 1.78 bits per heavy atom. The minimum absolute atomic E-state index is 0.00895. The number of benzene rings is 3. The zero-order chi connectivity index (χ0) is 29.1. The zero-order valence-electron chi connectivity index (χ0n) is 20.3. The van der Waals surface area contributed by atoms with Gasteiger partial charge >= 0.3 is 6.18 Å². The molecule has 1 aliphatic heterocycles. The molecule has 5 aromatic rings. The highest BCUT2D eigenvalue weighted by molar-refractivity contribution is 6.31. The number of nitrogens with zero attached hydrogens (tertiary/aromatic N) is 4. The van der Waals surface area contributed by atoms with Gasteiger partial charge in [0, 0.05) is 38.5 Å². The standard InChI is InChI=1S/C27H14ClF5N6O2/c28-20-2-1-16(29)9-18(20)24-23-19(26(41)38-24)5-12(14-7-22-34-11-36-39(22)35-10-14)6-21(23)37-25(40)13-3-15(27(31,32)33)8-17(30)4-13/h1-11,24H,(H,37,40)(H,38,41). The number of fused-ring (bicyclic) bond motifs is 2. The molecule has 0 aliphatic carbocycles. The Kier molecular flexibility index (Phi) is 6.18. The van der Waals surface area contributed by atoms with Gasteiger partial charge in [0.1, 0.15) is 18.0 Å². The minimum atomic E-state index is -4.90. The Labute approximate surface area is 231 Å². The summed E-state index contributed by atoms with van der Waals surface area (Å²) in [4.78, 5) is 30.4. The van der Waals surface area contributed by atoms with Crippen LogP contribution in [0, 0.1) is 11.6 Å². The predicted molar refractivity (Wildman–Crippen MR) is 136 cm³/mol. The van der Waals surface area contributed by atoms with Gasteiger partial charge in [-0.25, -0.2) is 13.8 Å². The Bertz CT molecular complexity index is 1890. The lowest BCUT2D eigenvalue weighted by Gasteiger charge is -2.19. The van der Waals surface area contributed by atoms with E-state index in [0.717, 1.165) is 12.1 Å². The molecule has 3 heterocycles. The quantitative estimate of drug-likeness (QED) is 0.259. The molecule has 41 heavy (non-hydrogen) atoms. The number of hydrogen-bond acceptors (Lipinski definition) is 5. The van der Waals surface area contributed by atoms with E-state index < -0.39 is 46.8 Å². The number of carbonyl (C=O) groups is 2. The van der Waals surface area contributed by atoms with Crippen LogP contribution < -0.4 is 10.6 Å². The average Bonchev–Trinajstić information content (AvgIpc) is 3.53. The van der Waals surface area contributed by atoms with Gasteiger partial charge in [-0.3, -0.25) is 9.59 Å². The third kappa shape index (κ3) is 4.84. The number of carbonyl (C=O) groups excluding carboxylic acids is 2. The number of nitrogens with one attached hydrogen (secondary N) is 2. The first-order chi connectivity index (χ1) is 19.5. The third-order valence-electron chi connectivity index (χ3n) is 6.47. The molecule has 1 atom stereocenters. The number of alkyl halides is 3. The summed E-state index contributed by atoms with van der Waals surface area (Å²) in [5.74, 6) is -3.56. The summed E-state index contributed by atoms with van der Waals surface area (Å²) in [5.41, 5.74) is -0.298. The average molecular weight is 585 g/mol. The fraction of sp³-hybridized carbons (Fsp3) is 0.0741. The van der Waals surface area contributed by atoms with Gasteiger partial charge in [-0.15, -0.1) is 9.73 Å². The van der Waals surface area contributed by atoms with Crippen molar-refractivity contribution in [3.63, 3.8) is 0 Å². The second-order valence-corrected chi connectivity index (χ2v) is 9.50. The first-order valence-electron chi connectivity index (χ1n) is 11.8. The molecule has 2 amide bonds. The molecule has 3 aromatic carbocycles. The van der Waals surface area contributed by atoms with Gasteiger partial charge in [-0.1, -0.05) is 11.6 Å². The number of halogens is 6. The van der Waals surface area contributed by atoms with E-state index in [-0.39, 0.29) is 33.5 Å². The summed E-state index contributed by atoms with van der Waals surface area (Å²) >= 11 is 6.32. The minimum Gasteiger partial charge on any atom is -0.341 e. The maximum atomic E-state index is 14.2. The van der Waals surface area contributed by atoms with Crippen molar-refractivity contribution in [1.29, 1.82) is 0 Å². The maximum Gasteiger partial charge on any atom is 0.416 e. The van der Waals surface area contributed by atoms with E-state index in [1.807, 2.05) is 0 Å². The van der Waals surface area contributed by atoms with Crippen molar-refractivity contribution in [3.8, 4) is 11.1 Å². The number of hydrogen-bond donors (Lipinski definition) is 2.